The number of hydrogen-bond donors (Lipinski definition) is 2. The zero-order chi connectivity index (χ0) is 18.6. The smallest absolute Gasteiger partial charge is 0.293 e. The topological polar surface area (TPSA) is 71.3 Å². The van der Waals surface area contributed by atoms with Crippen LogP contribution in [0.25, 0.3) is 11.0 Å². The van der Waals surface area contributed by atoms with Gasteiger partial charge in [-0.15, -0.1) is 0 Å². The summed E-state index contributed by atoms with van der Waals surface area (Å²) < 4.78 is 5.74. The minimum absolute atomic E-state index is 0.0596. The molecule has 0 radical (unpaired) electrons. The Morgan fingerprint density at radius 1 is 0.667 bits per heavy atom. The van der Waals surface area contributed by atoms with Crippen LogP contribution in [-0.4, -0.2) is 11.8 Å². The van der Waals surface area contributed by atoms with Crippen LogP contribution in [0.5, 0.6) is 0 Å². The first-order chi connectivity index (χ1) is 13.2. The summed E-state index contributed by atoms with van der Waals surface area (Å²) in [5, 5.41) is 6.28. The summed E-state index contributed by atoms with van der Waals surface area (Å²) in [5.74, 6) is -0.680. The number of nitrogens with one attached hydrogen (secondary N) is 2. The number of para-hydroxylation sites is 2. The van der Waals surface area contributed by atoms with Crippen LogP contribution < -0.4 is 10.6 Å². The molecule has 1 aromatic heterocycles. The summed E-state index contributed by atoms with van der Waals surface area (Å²) in [4.78, 5) is 25.4. The van der Waals surface area contributed by atoms with Gasteiger partial charge in [0.15, 0.2) is 0 Å². The molecule has 0 aliphatic rings. The van der Waals surface area contributed by atoms with Crippen molar-refractivity contribution in [2.45, 2.75) is 0 Å². The minimum Gasteiger partial charge on any atom is -0.449 e. The highest BCUT2D eigenvalue weighted by Gasteiger charge is 2.22. The first-order valence-corrected chi connectivity index (χ1v) is 8.47. The van der Waals surface area contributed by atoms with Crippen LogP contribution in [0.1, 0.15) is 20.9 Å². The minimum atomic E-state index is -0.430. The first kappa shape index (κ1) is 16.6. The fourth-order valence-corrected chi connectivity index (χ4v) is 2.81. The molecule has 2 N–H and O–H groups in total. The van der Waals surface area contributed by atoms with E-state index in [0.717, 1.165) is 0 Å². The standard InChI is InChI=1S/C22H16N2O3/c25-21(15-9-3-1-4-10-15)24-19-17-13-7-8-14-18(17)27-20(19)22(26)23-16-11-5-2-6-12-16/h1-14H,(H,23,26)(H,24,25). The van der Waals surface area contributed by atoms with Crippen molar-refractivity contribution < 1.29 is 14.0 Å². The van der Waals surface area contributed by atoms with Crippen molar-refractivity contribution >= 4 is 34.2 Å². The Bertz CT molecular complexity index is 1100. The Morgan fingerprint density at radius 3 is 2.04 bits per heavy atom. The molecule has 4 aromatic rings. The van der Waals surface area contributed by atoms with Crippen LogP contribution in [0.15, 0.2) is 89.3 Å². The van der Waals surface area contributed by atoms with Gasteiger partial charge in [0.2, 0.25) is 5.76 Å². The Balaban J connectivity index is 1.71. The third-order valence-corrected chi connectivity index (χ3v) is 4.11. The molecule has 0 aliphatic carbocycles. The van der Waals surface area contributed by atoms with Gasteiger partial charge >= 0.3 is 0 Å². The van der Waals surface area contributed by atoms with Crippen LogP contribution in [0.3, 0.4) is 0 Å². The average Bonchev–Trinajstić information content (AvgIpc) is 3.08. The lowest BCUT2D eigenvalue weighted by Gasteiger charge is -2.07. The predicted octanol–water partition coefficient (Wildman–Crippen LogP) is 4.94. The van der Waals surface area contributed by atoms with Crippen LogP contribution >= 0.6 is 0 Å². The molecule has 1 heterocycles. The molecule has 0 bridgehead atoms. The van der Waals surface area contributed by atoms with E-state index < -0.39 is 5.91 Å². The highest BCUT2D eigenvalue weighted by molar-refractivity contribution is 6.16. The van der Waals surface area contributed by atoms with E-state index >= 15 is 0 Å². The van der Waals surface area contributed by atoms with Gasteiger partial charge in [-0.3, -0.25) is 9.59 Å². The average molecular weight is 356 g/mol. The largest absolute Gasteiger partial charge is 0.449 e. The summed E-state index contributed by atoms with van der Waals surface area (Å²) in [6, 6.07) is 25.1. The Kier molecular flexibility index (Phi) is 4.41. The maximum atomic E-state index is 12.8. The Hall–Kier alpha value is -3.86. The van der Waals surface area contributed by atoms with E-state index in [4.69, 9.17) is 4.42 Å². The normalized spacial score (nSPS) is 10.5. The van der Waals surface area contributed by atoms with Gasteiger partial charge in [0, 0.05) is 16.6 Å². The van der Waals surface area contributed by atoms with Gasteiger partial charge in [-0.1, -0.05) is 48.5 Å². The van der Waals surface area contributed by atoms with E-state index in [1.54, 1.807) is 48.5 Å². The first-order valence-electron chi connectivity index (χ1n) is 8.47. The molecule has 0 fully saturated rings. The summed E-state index contributed by atoms with van der Waals surface area (Å²) in [6.45, 7) is 0. The number of anilines is 2. The number of carbonyl (C=O) groups excluding carboxylic acids is 2. The van der Waals surface area contributed by atoms with Crippen LogP contribution in [-0.2, 0) is 0 Å². The summed E-state index contributed by atoms with van der Waals surface area (Å²) in [5.41, 5.74) is 2.02. The SMILES string of the molecule is O=C(Nc1c(C(=O)Nc2ccccc2)oc2ccccc12)c1ccccc1. The predicted molar refractivity (Wildman–Crippen MR) is 105 cm³/mol. The van der Waals surface area contributed by atoms with Gasteiger partial charge in [0.25, 0.3) is 11.8 Å². The molecule has 0 spiro atoms. The monoisotopic (exact) mass is 356 g/mol. The molecule has 3 aromatic carbocycles. The van der Waals surface area contributed by atoms with Gasteiger partial charge in [0.1, 0.15) is 11.3 Å². The second-order valence-corrected chi connectivity index (χ2v) is 5.94. The molecule has 5 heteroatoms. The van der Waals surface area contributed by atoms with Gasteiger partial charge in [-0.2, -0.15) is 0 Å². The number of benzene rings is 3. The molecule has 132 valence electrons. The zero-order valence-corrected chi connectivity index (χ0v) is 14.3. The Labute approximate surface area is 155 Å². The lowest BCUT2D eigenvalue weighted by Crippen LogP contribution is -2.17. The molecular formula is C22H16N2O3. The van der Waals surface area contributed by atoms with Gasteiger partial charge in [-0.25, -0.2) is 0 Å². The second-order valence-electron chi connectivity index (χ2n) is 5.94. The number of carbonyl (C=O) groups is 2. The summed E-state index contributed by atoms with van der Waals surface area (Å²) >= 11 is 0. The van der Waals surface area contributed by atoms with Crippen LogP contribution in [0.2, 0.25) is 0 Å². The van der Waals surface area contributed by atoms with Crippen molar-refractivity contribution in [2.75, 3.05) is 10.6 Å². The highest BCUT2D eigenvalue weighted by Crippen LogP contribution is 2.31. The van der Waals surface area contributed by atoms with Gasteiger partial charge in [-0.05, 0) is 36.4 Å². The fraction of sp³-hybridized carbons (Fsp3) is 0. The van der Waals surface area contributed by atoms with Crippen LogP contribution in [0, 0.1) is 0 Å². The molecular weight excluding hydrogens is 340 g/mol. The number of hydrogen-bond acceptors (Lipinski definition) is 3. The van der Waals surface area contributed by atoms with Crippen molar-refractivity contribution in [2.24, 2.45) is 0 Å². The van der Waals surface area contributed by atoms with E-state index in [1.165, 1.54) is 0 Å². The fourth-order valence-electron chi connectivity index (χ4n) is 2.81. The summed E-state index contributed by atoms with van der Waals surface area (Å²) in [7, 11) is 0. The second kappa shape index (κ2) is 7.17. The van der Waals surface area contributed by atoms with E-state index in [0.29, 0.717) is 27.9 Å². The Morgan fingerprint density at radius 2 is 1.30 bits per heavy atom. The van der Waals surface area contributed by atoms with E-state index in [1.807, 2.05) is 36.4 Å². The molecule has 0 saturated carbocycles. The number of rotatable bonds is 4. The number of furan rings is 1. The van der Waals surface area contributed by atoms with Crippen molar-refractivity contribution in [3.8, 4) is 0 Å². The van der Waals surface area contributed by atoms with E-state index in [9.17, 15) is 9.59 Å². The lowest BCUT2D eigenvalue weighted by molar-refractivity contribution is 0.0999. The van der Waals surface area contributed by atoms with Gasteiger partial charge < -0.3 is 15.1 Å². The maximum absolute atomic E-state index is 12.8. The zero-order valence-electron chi connectivity index (χ0n) is 14.3. The van der Waals surface area contributed by atoms with E-state index in [2.05, 4.69) is 10.6 Å². The van der Waals surface area contributed by atoms with Gasteiger partial charge in [0.05, 0.1) is 0 Å². The lowest BCUT2D eigenvalue weighted by atomic mass is 10.1. The molecule has 0 atom stereocenters. The quantitative estimate of drug-likeness (QED) is 0.544. The molecule has 0 unspecified atom stereocenters. The molecule has 27 heavy (non-hydrogen) atoms. The molecule has 0 aliphatic heterocycles. The number of fused-ring (bicyclic) bond motifs is 1. The van der Waals surface area contributed by atoms with Crippen molar-refractivity contribution in [1.29, 1.82) is 0 Å². The third-order valence-electron chi connectivity index (χ3n) is 4.11. The molecule has 2 amide bonds. The number of amides is 2. The molecule has 0 saturated heterocycles. The highest BCUT2D eigenvalue weighted by atomic mass is 16.3. The summed E-state index contributed by atoms with van der Waals surface area (Å²) in [6.07, 6.45) is 0. The molecule has 5 nitrogen and oxygen atoms in total. The van der Waals surface area contributed by atoms with Crippen molar-refractivity contribution in [1.82, 2.24) is 0 Å². The van der Waals surface area contributed by atoms with Crippen LogP contribution in [0.4, 0.5) is 11.4 Å². The van der Waals surface area contributed by atoms with Crippen molar-refractivity contribution in [3.05, 3.63) is 96.3 Å². The van der Waals surface area contributed by atoms with Crippen molar-refractivity contribution in [3.63, 3.8) is 0 Å². The molecule has 4 rings (SSSR count). The maximum Gasteiger partial charge on any atom is 0.293 e. The van der Waals surface area contributed by atoms with E-state index in [-0.39, 0.29) is 11.7 Å². The third kappa shape index (κ3) is 3.43.